The standard InChI is InChI=1S/C14H16ClN5O2/c15-11-16-7-9-10(19-11)20-12(18-9)17-8-13(20)1-3-14(4-2-13)21-5-6-22-14/h7H,1-6,8H2,(H,17,18). The Balaban J connectivity index is 1.56. The SMILES string of the molecule is Clc1ncc2nc3n(c2n1)C1(CCC2(CC1)OCCO2)CN3. The second-order valence-corrected chi connectivity index (χ2v) is 6.64. The molecule has 0 bridgehead atoms. The fraction of sp³-hybridized carbons (Fsp3) is 0.643. The van der Waals surface area contributed by atoms with Gasteiger partial charge in [0, 0.05) is 19.4 Å². The number of fused-ring (bicyclic) bond motifs is 4. The van der Waals surface area contributed by atoms with Crippen LogP contribution >= 0.6 is 11.6 Å². The fourth-order valence-corrected chi connectivity index (χ4v) is 4.16. The molecular weight excluding hydrogens is 306 g/mol. The number of hydrogen-bond donors (Lipinski definition) is 1. The average molecular weight is 322 g/mol. The molecule has 22 heavy (non-hydrogen) atoms. The van der Waals surface area contributed by atoms with Gasteiger partial charge in [-0.3, -0.25) is 4.57 Å². The van der Waals surface area contributed by atoms with Crippen molar-refractivity contribution in [2.45, 2.75) is 37.0 Å². The Labute approximate surface area is 132 Å². The molecule has 2 aromatic heterocycles. The minimum absolute atomic E-state index is 0.0255. The van der Waals surface area contributed by atoms with Crippen LogP contribution in [-0.2, 0) is 15.0 Å². The third-order valence-corrected chi connectivity index (χ3v) is 5.36. The number of aromatic nitrogens is 4. The molecule has 1 aliphatic carbocycles. The van der Waals surface area contributed by atoms with E-state index in [1.54, 1.807) is 6.20 Å². The van der Waals surface area contributed by atoms with Crippen LogP contribution in [0.2, 0.25) is 5.28 Å². The van der Waals surface area contributed by atoms with Crippen molar-refractivity contribution in [2.75, 3.05) is 25.1 Å². The summed E-state index contributed by atoms with van der Waals surface area (Å²) in [5.74, 6) is 0.493. The highest BCUT2D eigenvalue weighted by Gasteiger charge is 2.50. The molecule has 0 aromatic carbocycles. The molecule has 116 valence electrons. The molecule has 7 nitrogen and oxygen atoms in total. The Morgan fingerprint density at radius 3 is 2.68 bits per heavy atom. The summed E-state index contributed by atoms with van der Waals surface area (Å²) in [5, 5.41) is 3.66. The van der Waals surface area contributed by atoms with E-state index in [0.717, 1.165) is 49.3 Å². The van der Waals surface area contributed by atoms with Gasteiger partial charge in [0.05, 0.1) is 24.9 Å². The number of ether oxygens (including phenoxy) is 2. The van der Waals surface area contributed by atoms with Crippen molar-refractivity contribution < 1.29 is 9.47 Å². The Kier molecular flexibility index (Phi) is 2.55. The second kappa shape index (κ2) is 4.31. The monoisotopic (exact) mass is 321 g/mol. The van der Waals surface area contributed by atoms with E-state index in [1.165, 1.54) is 0 Å². The number of imidazole rings is 1. The van der Waals surface area contributed by atoms with Gasteiger partial charge in [-0.1, -0.05) is 0 Å². The normalized spacial score (nSPS) is 25.0. The van der Waals surface area contributed by atoms with Gasteiger partial charge in [0.2, 0.25) is 11.2 Å². The first kappa shape index (κ1) is 13.0. The fourth-order valence-electron chi connectivity index (χ4n) is 4.03. The maximum Gasteiger partial charge on any atom is 0.224 e. The lowest BCUT2D eigenvalue weighted by molar-refractivity contribution is -0.187. The third kappa shape index (κ3) is 1.67. The molecule has 2 aliphatic heterocycles. The zero-order valence-corrected chi connectivity index (χ0v) is 12.8. The number of halogens is 1. The lowest BCUT2D eigenvalue weighted by Gasteiger charge is -2.41. The number of hydrogen-bond acceptors (Lipinski definition) is 6. The summed E-state index contributed by atoms with van der Waals surface area (Å²) in [6, 6.07) is 0. The van der Waals surface area contributed by atoms with E-state index < -0.39 is 0 Å². The largest absolute Gasteiger partial charge is 0.353 e. The first-order valence-corrected chi connectivity index (χ1v) is 8.01. The number of rotatable bonds is 0. The first-order valence-electron chi connectivity index (χ1n) is 7.63. The van der Waals surface area contributed by atoms with Gasteiger partial charge < -0.3 is 14.8 Å². The highest BCUT2D eigenvalue weighted by Crippen LogP contribution is 2.48. The predicted octanol–water partition coefficient (Wildman–Crippen LogP) is 1.92. The first-order chi connectivity index (χ1) is 10.7. The zero-order valence-electron chi connectivity index (χ0n) is 12.0. The minimum atomic E-state index is -0.364. The van der Waals surface area contributed by atoms with Crippen molar-refractivity contribution in [3.05, 3.63) is 11.5 Å². The van der Waals surface area contributed by atoms with Crippen molar-refractivity contribution >= 4 is 28.7 Å². The summed E-state index contributed by atoms with van der Waals surface area (Å²) in [5.41, 5.74) is 1.56. The van der Waals surface area contributed by atoms with Gasteiger partial charge in [-0.05, 0) is 24.4 Å². The van der Waals surface area contributed by atoms with Crippen LogP contribution in [0.3, 0.4) is 0 Å². The molecule has 1 saturated carbocycles. The van der Waals surface area contributed by atoms with Crippen LogP contribution < -0.4 is 5.32 Å². The van der Waals surface area contributed by atoms with Crippen LogP contribution in [0.1, 0.15) is 25.7 Å². The lowest BCUT2D eigenvalue weighted by Crippen LogP contribution is -2.45. The van der Waals surface area contributed by atoms with E-state index in [0.29, 0.717) is 13.2 Å². The molecule has 1 N–H and O–H groups in total. The van der Waals surface area contributed by atoms with Crippen molar-refractivity contribution in [1.82, 2.24) is 19.5 Å². The van der Waals surface area contributed by atoms with Gasteiger partial charge in [-0.15, -0.1) is 0 Å². The van der Waals surface area contributed by atoms with Gasteiger partial charge in [-0.2, -0.15) is 4.98 Å². The summed E-state index contributed by atoms with van der Waals surface area (Å²) in [6.45, 7) is 2.27. The molecule has 2 spiro atoms. The Hall–Kier alpha value is -1.44. The minimum Gasteiger partial charge on any atom is -0.353 e. The molecule has 2 aromatic rings. The van der Waals surface area contributed by atoms with Crippen LogP contribution in [0, 0.1) is 0 Å². The number of nitrogens with one attached hydrogen (secondary N) is 1. The van der Waals surface area contributed by atoms with E-state index in [4.69, 9.17) is 21.1 Å². The van der Waals surface area contributed by atoms with Gasteiger partial charge in [0.1, 0.15) is 5.52 Å². The van der Waals surface area contributed by atoms with Gasteiger partial charge in [0.25, 0.3) is 0 Å². The van der Waals surface area contributed by atoms with Crippen LogP contribution in [0.4, 0.5) is 5.95 Å². The molecule has 0 radical (unpaired) electrons. The summed E-state index contributed by atoms with van der Waals surface area (Å²) in [7, 11) is 0. The maximum absolute atomic E-state index is 5.98. The Morgan fingerprint density at radius 1 is 1.14 bits per heavy atom. The van der Waals surface area contributed by atoms with E-state index in [1.807, 2.05) is 0 Å². The van der Waals surface area contributed by atoms with Crippen molar-refractivity contribution in [3.63, 3.8) is 0 Å². The maximum atomic E-state index is 5.98. The summed E-state index contributed by atoms with van der Waals surface area (Å²) >= 11 is 5.98. The predicted molar refractivity (Wildman–Crippen MR) is 79.9 cm³/mol. The van der Waals surface area contributed by atoms with Crippen LogP contribution in [0.25, 0.3) is 11.2 Å². The topological polar surface area (TPSA) is 74.1 Å². The molecule has 4 heterocycles. The molecule has 2 fully saturated rings. The van der Waals surface area contributed by atoms with Crippen molar-refractivity contribution in [2.24, 2.45) is 0 Å². The van der Waals surface area contributed by atoms with E-state index in [2.05, 4.69) is 24.8 Å². The molecule has 1 saturated heterocycles. The molecule has 0 unspecified atom stereocenters. The second-order valence-electron chi connectivity index (χ2n) is 6.30. The average Bonchev–Trinajstić information content (AvgIpc) is 3.19. The zero-order chi connectivity index (χ0) is 14.8. The lowest BCUT2D eigenvalue weighted by atomic mass is 9.79. The quantitative estimate of drug-likeness (QED) is 0.747. The van der Waals surface area contributed by atoms with Gasteiger partial charge in [0.15, 0.2) is 11.4 Å². The van der Waals surface area contributed by atoms with Crippen LogP contribution in [-0.4, -0.2) is 45.1 Å². The van der Waals surface area contributed by atoms with Crippen LogP contribution in [0.15, 0.2) is 6.20 Å². The smallest absolute Gasteiger partial charge is 0.224 e. The molecule has 8 heteroatoms. The summed E-state index contributed by atoms with van der Waals surface area (Å²) < 4.78 is 13.9. The summed E-state index contributed by atoms with van der Waals surface area (Å²) in [6.07, 6.45) is 5.41. The van der Waals surface area contributed by atoms with Gasteiger partial charge >= 0.3 is 0 Å². The van der Waals surface area contributed by atoms with E-state index >= 15 is 0 Å². The highest BCUT2D eigenvalue weighted by molar-refractivity contribution is 6.28. The third-order valence-electron chi connectivity index (χ3n) is 5.18. The summed E-state index contributed by atoms with van der Waals surface area (Å²) in [4.78, 5) is 13.0. The highest BCUT2D eigenvalue weighted by atomic mass is 35.5. The molecular formula is C14H16ClN5O2. The Bertz CT molecular complexity index is 745. The van der Waals surface area contributed by atoms with Crippen molar-refractivity contribution in [3.8, 4) is 0 Å². The number of anilines is 1. The van der Waals surface area contributed by atoms with E-state index in [9.17, 15) is 0 Å². The number of nitrogens with zero attached hydrogens (tertiary/aromatic N) is 4. The van der Waals surface area contributed by atoms with Gasteiger partial charge in [-0.25, -0.2) is 9.97 Å². The van der Waals surface area contributed by atoms with Crippen molar-refractivity contribution in [1.29, 1.82) is 0 Å². The van der Waals surface area contributed by atoms with Crippen LogP contribution in [0.5, 0.6) is 0 Å². The van der Waals surface area contributed by atoms with E-state index in [-0.39, 0.29) is 16.6 Å². The molecule has 3 aliphatic rings. The molecule has 0 amide bonds. The Morgan fingerprint density at radius 2 is 1.91 bits per heavy atom. The molecule has 0 atom stereocenters. The molecule has 5 rings (SSSR count).